The number of halogens is 3. The van der Waals surface area contributed by atoms with Gasteiger partial charge in [0.2, 0.25) is 0 Å². The Balaban J connectivity index is 1.80. The van der Waals surface area contributed by atoms with E-state index in [0.717, 1.165) is 0 Å². The SMILES string of the molecule is Cc1cc(NC(=O)NC2(C(F)(F)F)Oc3ccccc3O2)no1. The Labute approximate surface area is 127 Å². The van der Waals surface area contributed by atoms with Crippen LogP contribution in [0.5, 0.6) is 11.5 Å². The number of aryl methyl sites for hydroxylation is 1. The fourth-order valence-electron chi connectivity index (χ4n) is 1.91. The van der Waals surface area contributed by atoms with Crippen LogP contribution in [0, 0.1) is 6.92 Å². The Morgan fingerprint density at radius 1 is 1.22 bits per heavy atom. The van der Waals surface area contributed by atoms with Gasteiger partial charge in [0.1, 0.15) is 5.76 Å². The van der Waals surface area contributed by atoms with Crippen molar-refractivity contribution in [2.45, 2.75) is 19.0 Å². The molecule has 122 valence electrons. The number of carbonyl (C=O) groups excluding carboxylic acids is 1. The van der Waals surface area contributed by atoms with Crippen LogP contribution in [0.3, 0.4) is 0 Å². The average molecular weight is 329 g/mol. The summed E-state index contributed by atoms with van der Waals surface area (Å²) in [5, 5.41) is 7.18. The first-order chi connectivity index (χ1) is 10.8. The molecule has 0 atom stereocenters. The quantitative estimate of drug-likeness (QED) is 0.885. The van der Waals surface area contributed by atoms with Crippen LogP contribution in [0.25, 0.3) is 0 Å². The van der Waals surface area contributed by atoms with E-state index in [2.05, 4.69) is 10.5 Å². The number of nitrogens with one attached hydrogen (secondary N) is 2. The largest absolute Gasteiger partial charge is 0.492 e. The highest BCUT2D eigenvalue weighted by Crippen LogP contribution is 2.44. The number of hydrogen-bond donors (Lipinski definition) is 2. The molecule has 1 aliphatic heterocycles. The standard InChI is InChI=1S/C13H10F3N3O4/c1-7-6-10(19-23-7)17-11(20)18-13(12(14,15)16)21-8-4-2-3-5-9(8)22-13/h2-6H,1H3,(H2,17,18,19,20). The summed E-state index contributed by atoms with van der Waals surface area (Å²) in [4.78, 5) is 11.8. The van der Waals surface area contributed by atoms with E-state index in [1.165, 1.54) is 30.3 Å². The molecule has 23 heavy (non-hydrogen) atoms. The van der Waals surface area contributed by atoms with Gasteiger partial charge in [0.15, 0.2) is 17.3 Å². The maximum absolute atomic E-state index is 13.4. The highest BCUT2D eigenvalue weighted by molar-refractivity contribution is 5.88. The molecule has 0 fully saturated rings. The molecule has 7 nitrogen and oxygen atoms in total. The molecule has 2 amide bonds. The number of carbonyl (C=O) groups is 1. The molecular weight excluding hydrogens is 319 g/mol. The summed E-state index contributed by atoms with van der Waals surface area (Å²) >= 11 is 0. The van der Waals surface area contributed by atoms with Crippen molar-refractivity contribution in [1.29, 1.82) is 0 Å². The number of para-hydroxylation sites is 2. The minimum atomic E-state index is -5.02. The first-order valence-corrected chi connectivity index (χ1v) is 6.35. The molecule has 3 rings (SSSR count). The third kappa shape index (κ3) is 2.74. The maximum Gasteiger partial charge on any atom is 0.492 e. The van der Waals surface area contributed by atoms with Crippen molar-refractivity contribution in [3.05, 3.63) is 36.1 Å². The molecule has 0 radical (unpaired) electrons. The predicted molar refractivity (Wildman–Crippen MR) is 69.9 cm³/mol. The van der Waals surface area contributed by atoms with Gasteiger partial charge in [0, 0.05) is 6.07 Å². The lowest BCUT2D eigenvalue weighted by Gasteiger charge is -2.29. The molecular formula is C13H10F3N3O4. The second kappa shape index (κ2) is 5.07. The lowest BCUT2D eigenvalue weighted by molar-refractivity contribution is -0.317. The van der Waals surface area contributed by atoms with Crippen LogP contribution < -0.4 is 20.1 Å². The lowest BCUT2D eigenvalue weighted by atomic mass is 10.3. The highest BCUT2D eigenvalue weighted by Gasteiger charge is 2.65. The lowest BCUT2D eigenvalue weighted by Crippen LogP contribution is -2.65. The number of aromatic nitrogens is 1. The third-order valence-electron chi connectivity index (χ3n) is 2.88. The summed E-state index contributed by atoms with van der Waals surface area (Å²) in [6, 6.07) is 5.67. The summed E-state index contributed by atoms with van der Waals surface area (Å²) in [5.41, 5.74) is 0. The zero-order valence-corrected chi connectivity index (χ0v) is 11.6. The Kier molecular flexibility index (Phi) is 3.31. The van der Waals surface area contributed by atoms with Crippen LogP contribution in [-0.2, 0) is 0 Å². The first-order valence-electron chi connectivity index (χ1n) is 6.35. The number of benzene rings is 1. The Hall–Kier alpha value is -2.91. The van der Waals surface area contributed by atoms with Gasteiger partial charge in [-0.2, -0.15) is 13.2 Å². The van der Waals surface area contributed by atoms with Crippen molar-refractivity contribution in [3.63, 3.8) is 0 Å². The molecule has 1 aliphatic rings. The van der Waals surface area contributed by atoms with E-state index in [4.69, 9.17) is 14.0 Å². The minimum absolute atomic E-state index is 0.0483. The number of fused-ring (bicyclic) bond motifs is 1. The van der Waals surface area contributed by atoms with E-state index in [-0.39, 0.29) is 17.3 Å². The zero-order chi connectivity index (χ0) is 16.7. The molecule has 10 heteroatoms. The second-order valence-corrected chi connectivity index (χ2v) is 4.67. The fourth-order valence-corrected chi connectivity index (χ4v) is 1.91. The molecule has 0 bridgehead atoms. The van der Waals surface area contributed by atoms with Crippen LogP contribution >= 0.6 is 0 Å². The van der Waals surface area contributed by atoms with Crippen molar-refractivity contribution in [2.24, 2.45) is 0 Å². The third-order valence-corrected chi connectivity index (χ3v) is 2.88. The van der Waals surface area contributed by atoms with Crippen LogP contribution in [-0.4, -0.2) is 23.3 Å². The second-order valence-electron chi connectivity index (χ2n) is 4.67. The summed E-state index contributed by atoms with van der Waals surface area (Å²) in [6.07, 6.45) is -5.02. The van der Waals surface area contributed by atoms with Gasteiger partial charge in [-0.15, -0.1) is 0 Å². The van der Waals surface area contributed by atoms with E-state index in [9.17, 15) is 18.0 Å². The first kappa shape index (κ1) is 15.0. The van der Waals surface area contributed by atoms with E-state index >= 15 is 0 Å². The monoisotopic (exact) mass is 329 g/mol. The molecule has 1 aromatic heterocycles. The van der Waals surface area contributed by atoms with Gasteiger partial charge in [0.25, 0.3) is 0 Å². The Bertz CT molecular complexity index is 719. The van der Waals surface area contributed by atoms with Gasteiger partial charge < -0.3 is 14.0 Å². The normalized spacial score (nSPS) is 15.3. The van der Waals surface area contributed by atoms with E-state index in [1.54, 1.807) is 12.2 Å². The van der Waals surface area contributed by atoms with Crippen LogP contribution in [0.15, 0.2) is 34.9 Å². The summed E-state index contributed by atoms with van der Waals surface area (Å²) in [5.74, 6) is -3.26. The van der Waals surface area contributed by atoms with Gasteiger partial charge in [-0.25, -0.2) is 4.79 Å². The maximum atomic E-state index is 13.4. The number of alkyl halides is 3. The van der Waals surface area contributed by atoms with Crippen molar-refractivity contribution < 1.29 is 32.0 Å². The number of anilines is 1. The summed E-state index contributed by atoms with van der Waals surface area (Å²) < 4.78 is 54.4. The highest BCUT2D eigenvalue weighted by atomic mass is 19.4. The molecule has 2 heterocycles. The fraction of sp³-hybridized carbons (Fsp3) is 0.231. The molecule has 0 spiro atoms. The number of urea groups is 1. The molecule has 0 saturated carbocycles. The van der Waals surface area contributed by atoms with Crippen LogP contribution in [0.2, 0.25) is 0 Å². The van der Waals surface area contributed by atoms with Gasteiger partial charge in [-0.05, 0) is 19.1 Å². The van der Waals surface area contributed by atoms with Gasteiger partial charge in [-0.3, -0.25) is 10.6 Å². The van der Waals surface area contributed by atoms with E-state index < -0.39 is 18.1 Å². The average Bonchev–Trinajstić information content (AvgIpc) is 3.01. The number of amides is 2. The van der Waals surface area contributed by atoms with Gasteiger partial charge in [0.05, 0.1) is 0 Å². The molecule has 2 N–H and O–H groups in total. The van der Waals surface area contributed by atoms with Gasteiger partial charge >= 0.3 is 18.1 Å². The van der Waals surface area contributed by atoms with Crippen LogP contribution in [0.4, 0.5) is 23.8 Å². The van der Waals surface area contributed by atoms with Crippen LogP contribution in [0.1, 0.15) is 5.76 Å². The smallest absolute Gasteiger partial charge is 0.424 e. The number of nitrogens with zero attached hydrogens (tertiary/aromatic N) is 1. The minimum Gasteiger partial charge on any atom is -0.424 e. The molecule has 1 aromatic carbocycles. The molecule has 0 aliphatic carbocycles. The number of rotatable bonds is 2. The molecule has 0 unspecified atom stereocenters. The molecule has 2 aromatic rings. The van der Waals surface area contributed by atoms with Crippen molar-refractivity contribution >= 4 is 11.8 Å². The summed E-state index contributed by atoms with van der Waals surface area (Å²) in [7, 11) is 0. The summed E-state index contributed by atoms with van der Waals surface area (Å²) in [6.45, 7) is 1.56. The zero-order valence-electron chi connectivity index (χ0n) is 11.6. The van der Waals surface area contributed by atoms with Gasteiger partial charge in [-0.1, -0.05) is 17.3 Å². The van der Waals surface area contributed by atoms with Crippen molar-refractivity contribution in [3.8, 4) is 11.5 Å². The molecule has 0 saturated heterocycles. The predicted octanol–water partition coefficient (Wildman–Crippen LogP) is 2.79. The van der Waals surface area contributed by atoms with E-state index in [1.807, 2.05) is 0 Å². The van der Waals surface area contributed by atoms with Crippen molar-refractivity contribution in [1.82, 2.24) is 10.5 Å². The number of ether oxygens (including phenoxy) is 2. The number of hydrogen-bond acceptors (Lipinski definition) is 5. The Morgan fingerprint density at radius 3 is 2.30 bits per heavy atom. The topological polar surface area (TPSA) is 85.6 Å². The Morgan fingerprint density at radius 2 is 1.83 bits per heavy atom. The van der Waals surface area contributed by atoms with Crippen molar-refractivity contribution in [2.75, 3.05) is 5.32 Å². The van der Waals surface area contributed by atoms with E-state index in [0.29, 0.717) is 5.76 Å².